The van der Waals surface area contributed by atoms with Crippen LogP contribution in [-0.4, -0.2) is 78.5 Å². The molecule has 8 rings (SSSR count). The van der Waals surface area contributed by atoms with Crippen molar-refractivity contribution in [3.8, 4) is 35.3 Å². The SMILES string of the molecule is Cn1ncc2c1CN1CCCC21COc1nc(N2CCN(C#N)[C@@H](CC#N)C2)c2cnc(-c3cc(O)cc4ccc(F)c(F)c34)c(F)c2n1. The van der Waals surface area contributed by atoms with E-state index in [1.54, 1.807) is 0 Å². The predicted molar refractivity (Wildman–Crippen MR) is 170 cm³/mol. The van der Waals surface area contributed by atoms with Gasteiger partial charge >= 0.3 is 6.01 Å². The van der Waals surface area contributed by atoms with E-state index in [0.717, 1.165) is 49.3 Å². The Morgan fingerprint density at radius 3 is 2.76 bits per heavy atom. The molecule has 1 unspecified atom stereocenters. The Morgan fingerprint density at radius 2 is 1.94 bits per heavy atom. The van der Waals surface area contributed by atoms with Crippen molar-refractivity contribution < 1.29 is 23.0 Å². The average molecular weight is 667 g/mol. The molecule has 0 aliphatic carbocycles. The number of nitriles is 2. The molecule has 2 aromatic carbocycles. The van der Waals surface area contributed by atoms with Crippen molar-refractivity contribution in [2.24, 2.45) is 7.05 Å². The number of piperazine rings is 1. The van der Waals surface area contributed by atoms with Crippen LogP contribution in [0, 0.1) is 40.2 Å². The minimum absolute atomic E-state index is 0.0890. The van der Waals surface area contributed by atoms with E-state index in [9.17, 15) is 20.0 Å². The average Bonchev–Trinajstić information content (AvgIpc) is 3.76. The van der Waals surface area contributed by atoms with Gasteiger partial charge in [0.2, 0.25) is 0 Å². The molecule has 0 radical (unpaired) electrons. The number of halogens is 3. The molecule has 6 heterocycles. The summed E-state index contributed by atoms with van der Waals surface area (Å²) in [5, 5.41) is 34.1. The van der Waals surface area contributed by atoms with E-state index in [2.05, 4.69) is 32.2 Å². The highest BCUT2D eigenvalue weighted by Crippen LogP contribution is 2.47. The molecule has 3 aliphatic heterocycles. The summed E-state index contributed by atoms with van der Waals surface area (Å²) in [5.41, 5.74) is 1.05. The molecule has 12 nitrogen and oxygen atoms in total. The summed E-state index contributed by atoms with van der Waals surface area (Å²) in [6, 6.07) is 6.22. The first kappa shape index (κ1) is 30.7. The van der Waals surface area contributed by atoms with Crippen LogP contribution in [0.2, 0.25) is 0 Å². The lowest BCUT2D eigenvalue weighted by Gasteiger charge is -2.38. The van der Waals surface area contributed by atoms with Gasteiger partial charge in [-0.05, 0) is 43.0 Å². The highest BCUT2D eigenvalue weighted by atomic mass is 19.2. The fraction of sp³-hybridized carbons (Fsp3) is 0.353. The molecule has 248 valence electrons. The first-order valence-corrected chi connectivity index (χ1v) is 15.9. The van der Waals surface area contributed by atoms with Crippen LogP contribution in [0.4, 0.5) is 19.0 Å². The van der Waals surface area contributed by atoms with Crippen LogP contribution in [0.1, 0.15) is 30.5 Å². The van der Waals surface area contributed by atoms with Gasteiger partial charge in [0.25, 0.3) is 0 Å². The largest absolute Gasteiger partial charge is 0.508 e. The van der Waals surface area contributed by atoms with Gasteiger partial charge in [-0.3, -0.25) is 14.6 Å². The molecule has 5 aromatic rings. The van der Waals surface area contributed by atoms with Gasteiger partial charge in [-0.25, -0.2) is 13.2 Å². The summed E-state index contributed by atoms with van der Waals surface area (Å²) < 4.78 is 54.6. The van der Waals surface area contributed by atoms with Gasteiger partial charge in [0, 0.05) is 55.9 Å². The summed E-state index contributed by atoms with van der Waals surface area (Å²) in [7, 11) is 1.91. The lowest BCUT2D eigenvalue weighted by Crippen LogP contribution is -2.51. The normalized spacial score (nSPS) is 20.4. The van der Waals surface area contributed by atoms with Gasteiger partial charge in [0.15, 0.2) is 23.6 Å². The topological polar surface area (TPSA) is 143 Å². The van der Waals surface area contributed by atoms with Crippen molar-refractivity contribution in [3.05, 3.63) is 65.4 Å². The van der Waals surface area contributed by atoms with Crippen molar-refractivity contribution in [1.29, 1.82) is 10.5 Å². The first-order valence-electron chi connectivity index (χ1n) is 15.9. The molecule has 2 atom stereocenters. The number of ether oxygens (including phenoxy) is 1. The summed E-state index contributed by atoms with van der Waals surface area (Å²) in [6.07, 6.45) is 7.23. The van der Waals surface area contributed by atoms with Gasteiger partial charge < -0.3 is 19.6 Å². The van der Waals surface area contributed by atoms with Crippen LogP contribution in [0.25, 0.3) is 32.9 Å². The molecule has 3 aromatic heterocycles. The fourth-order valence-electron chi connectivity index (χ4n) is 7.66. The van der Waals surface area contributed by atoms with Gasteiger partial charge in [0.05, 0.1) is 41.3 Å². The molecule has 0 amide bonds. The molecule has 0 bridgehead atoms. The second-order valence-electron chi connectivity index (χ2n) is 12.7. The van der Waals surface area contributed by atoms with E-state index >= 15 is 8.78 Å². The minimum Gasteiger partial charge on any atom is -0.508 e. The zero-order valence-corrected chi connectivity index (χ0v) is 26.4. The number of pyridine rings is 1. The van der Waals surface area contributed by atoms with Crippen LogP contribution >= 0.6 is 0 Å². The van der Waals surface area contributed by atoms with Crippen LogP contribution in [0.15, 0.2) is 36.7 Å². The van der Waals surface area contributed by atoms with E-state index in [1.807, 2.05) is 22.8 Å². The molecule has 49 heavy (non-hydrogen) atoms. The Hall–Kier alpha value is -5.67. The van der Waals surface area contributed by atoms with Gasteiger partial charge in [0.1, 0.15) is 29.4 Å². The molecule has 2 saturated heterocycles. The summed E-state index contributed by atoms with van der Waals surface area (Å²) in [5.74, 6) is -3.26. The maximum absolute atomic E-state index is 16.8. The predicted octanol–water partition coefficient (Wildman–Crippen LogP) is 4.47. The third-order valence-corrected chi connectivity index (χ3v) is 10.1. The number of rotatable bonds is 6. The van der Waals surface area contributed by atoms with Crippen molar-refractivity contribution >= 4 is 27.5 Å². The molecule has 3 aliphatic rings. The zero-order chi connectivity index (χ0) is 34.0. The first-order chi connectivity index (χ1) is 23.7. The van der Waals surface area contributed by atoms with Gasteiger partial charge in [-0.2, -0.15) is 25.6 Å². The smallest absolute Gasteiger partial charge is 0.319 e. The van der Waals surface area contributed by atoms with Crippen molar-refractivity contribution in [3.63, 3.8) is 0 Å². The van der Waals surface area contributed by atoms with Gasteiger partial charge in [-0.1, -0.05) is 6.07 Å². The quantitative estimate of drug-likeness (QED) is 0.257. The number of aromatic nitrogens is 5. The number of aromatic hydroxyl groups is 1. The number of phenolic OH excluding ortho intramolecular Hbond substituents is 1. The number of aryl methyl sites for hydroxylation is 1. The second kappa shape index (κ2) is 11.5. The Morgan fingerprint density at radius 1 is 1.08 bits per heavy atom. The fourth-order valence-corrected chi connectivity index (χ4v) is 7.66. The third kappa shape index (κ3) is 4.76. The zero-order valence-electron chi connectivity index (χ0n) is 26.4. The summed E-state index contributed by atoms with van der Waals surface area (Å²) in [4.78, 5) is 19.3. The Balaban J connectivity index is 1.27. The molecule has 1 N–H and O–H groups in total. The standard InChI is InChI=1S/C34H29F3N10O2/c1-44-26-16-47-8-2-6-34(47,24(26)14-41-44)17-49-33-42-31-23(32(43-33)45-9-10-46(18-39)20(15-45)5-7-38)13-40-30(29(31)37)22-12-21(48)11-19-3-4-25(35)28(36)27(19)22/h3-4,11-14,20,48H,2,5-6,8-10,15-17H2,1H3/t20-,34?/m0/s1. The number of hydrogen-bond donors (Lipinski definition) is 1. The molecule has 2 fully saturated rings. The van der Waals surface area contributed by atoms with Crippen LogP contribution < -0.4 is 9.64 Å². The second-order valence-corrected chi connectivity index (χ2v) is 12.7. The molecule has 15 heteroatoms. The lowest BCUT2D eigenvalue weighted by atomic mass is 9.92. The minimum atomic E-state index is -1.20. The maximum Gasteiger partial charge on any atom is 0.319 e. The Labute approximate surface area is 278 Å². The van der Waals surface area contributed by atoms with E-state index in [0.29, 0.717) is 18.9 Å². The number of benzene rings is 2. The van der Waals surface area contributed by atoms with Crippen molar-refractivity contribution in [2.75, 3.05) is 37.7 Å². The monoisotopic (exact) mass is 666 g/mol. The van der Waals surface area contributed by atoms with Crippen LogP contribution in [-0.2, 0) is 19.1 Å². The number of hydrogen-bond acceptors (Lipinski definition) is 11. The Kier molecular flexibility index (Phi) is 7.19. The maximum atomic E-state index is 16.8. The highest BCUT2D eigenvalue weighted by Gasteiger charge is 2.50. The van der Waals surface area contributed by atoms with E-state index in [1.165, 1.54) is 23.2 Å². The van der Waals surface area contributed by atoms with Gasteiger partial charge in [-0.15, -0.1) is 0 Å². The number of phenols is 1. The number of anilines is 1. The van der Waals surface area contributed by atoms with Crippen LogP contribution in [0.3, 0.4) is 0 Å². The van der Waals surface area contributed by atoms with E-state index < -0.39 is 29.0 Å². The summed E-state index contributed by atoms with van der Waals surface area (Å²) >= 11 is 0. The third-order valence-electron chi connectivity index (χ3n) is 10.1. The molecular weight excluding hydrogens is 637 g/mol. The Bertz CT molecular complexity index is 2250. The van der Waals surface area contributed by atoms with Crippen molar-refractivity contribution in [2.45, 2.75) is 37.4 Å². The highest BCUT2D eigenvalue weighted by molar-refractivity contribution is 6.00. The van der Waals surface area contributed by atoms with Crippen LogP contribution in [0.5, 0.6) is 11.8 Å². The van der Waals surface area contributed by atoms with E-state index in [4.69, 9.17) is 9.72 Å². The molecular formula is C34H29F3N10O2. The summed E-state index contributed by atoms with van der Waals surface area (Å²) in [6.45, 7) is 2.67. The number of nitrogens with zero attached hydrogens (tertiary/aromatic N) is 10. The van der Waals surface area contributed by atoms with E-state index in [-0.39, 0.29) is 64.3 Å². The van der Waals surface area contributed by atoms with Crippen molar-refractivity contribution in [1.82, 2.24) is 34.5 Å². The lowest BCUT2D eigenvalue weighted by molar-refractivity contribution is 0.0814. The molecule has 0 spiro atoms. The molecule has 0 saturated carbocycles. The number of fused-ring (bicyclic) bond motifs is 5.